The summed E-state index contributed by atoms with van der Waals surface area (Å²) in [5.41, 5.74) is 0.777. The van der Waals surface area contributed by atoms with Crippen molar-refractivity contribution in [2.75, 3.05) is 13.1 Å². The summed E-state index contributed by atoms with van der Waals surface area (Å²) < 4.78 is 1.64. The van der Waals surface area contributed by atoms with E-state index in [1.807, 2.05) is 18.2 Å². The number of hydrogen-bond donors (Lipinski definition) is 2. The zero-order chi connectivity index (χ0) is 17.9. The first kappa shape index (κ1) is 17.6. The van der Waals surface area contributed by atoms with Crippen molar-refractivity contribution >= 4 is 5.91 Å². The lowest BCUT2D eigenvalue weighted by Gasteiger charge is -2.27. The van der Waals surface area contributed by atoms with Crippen molar-refractivity contribution in [1.82, 2.24) is 20.0 Å². The molecule has 1 aliphatic heterocycles. The summed E-state index contributed by atoms with van der Waals surface area (Å²) in [6.07, 6.45) is 5.27. The van der Waals surface area contributed by atoms with Gasteiger partial charge in [0.05, 0.1) is 18.8 Å². The van der Waals surface area contributed by atoms with Gasteiger partial charge in [0.1, 0.15) is 5.60 Å². The molecule has 1 aromatic heterocycles. The Balaban J connectivity index is 1.58. The van der Waals surface area contributed by atoms with Gasteiger partial charge in [-0.3, -0.25) is 14.4 Å². The van der Waals surface area contributed by atoms with E-state index in [-0.39, 0.29) is 18.5 Å². The summed E-state index contributed by atoms with van der Waals surface area (Å²) >= 11 is 0. The highest BCUT2D eigenvalue weighted by molar-refractivity contribution is 5.82. The standard InChI is InChI=1S/C19H26N4O2/c1-19(25,16-11-21-22(2)13-16)14-20-18(24)17-9-6-10-23(17)12-15-7-4-3-5-8-15/h3-5,7-8,11,13,17,25H,6,9-10,12,14H2,1-2H3,(H,20,24). The summed E-state index contributed by atoms with van der Waals surface area (Å²) in [6, 6.07) is 10.1. The van der Waals surface area contributed by atoms with E-state index in [1.54, 1.807) is 31.0 Å². The fraction of sp³-hybridized carbons (Fsp3) is 0.474. The molecule has 1 amide bonds. The Labute approximate surface area is 148 Å². The molecule has 2 unspecified atom stereocenters. The fourth-order valence-electron chi connectivity index (χ4n) is 3.31. The number of aromatic nitrogens is 2. The van der Waals surface area contributed by atoms with Crippen LogP contribution in [0.4, 0.5) is 0 Å². The summed E-state index contributed by atoms with van der Waals surface area (Å²) in [4.78, 5) is 14.9. The lowest BCUT2D eigenvalue weighted by molar-refractivity contribution is -0.126. The van der Waals surface area contributed by atoms with Crippen LogP contribution in [0.25, 0.3) is 0 Å². The molecule has 2 heterocycles. The third-order valence-corrected chi connectivity index (χ3v) is 4.83. The molecular formula is C19H26N4O2. The van der Waals surface area contributed by atoms with E-state index in [1.165, 1.54) is 5.56 Å². The number of aliphatic hydroxyl groups is 1. The monoisotopic (exact) mass is 342 g/mol. The predicted molar refractivity (Wildman–Crippen MR) is 95.7 cm³/mol. The molecule has 1 fully saturated rings. The van der Waals surface area contributed by atoms with E-state index in [2.05, 4.69) is 27.4 Å². The molecule has 3 rings (SSSR count). The molecule has 2 N–H and O–H groups in total. The van der Waals surface area contributed by atoms with Crippen LogP contribution in [-0.2, 0) is 24.0 Å². The molecular weight excluding hydrogens is 316 g/mol. The number of carbonyl (C=O) groups excluding carboxylic acids is 1. The molecule has 0 aliphatic carbocycles. The molecule has 2 aromatic rings. The third kappa shape index (κ3) is 4.27. The largest absolute Gasteiger partial charge is 0.383 e. The first-order chi connectivity index (χ1) is 12.0. The van der Waals surface area contributed by atoms with Gasteiger partial charge >= 0.3 is 0 Å². The van der Waals surface area contributed by atoms with Gasteiger partial charge in [-0.1, -0.05) is 30.3 Å². The summed E-state index contributed by atoms with van der Waals surface area (Å²) in [7, 11) is 1.80. The molecule has 1 aliphatic rings. The highest BCUT2D eigenvalue weighted by Crippen LogP contribution is 2.22. The van der Waals surface area contributed by atoms with Gasteiger partial charge in [-0.2, -0.15) is 5.10 Å². The number of rotatable bonds is 6. The summed E-state index contributed by atoms with van der Waals surface area (Å²) in [5.74, 6) is -0.0161. The van der Waals surface area contributed by atoms with Gasteiger partial charge in [-0.05, 0) is 31.9 Å². The van der Waals surface area contributed by atoms with Crippen molar-refractivity contribution in [2.45, 2.75) is 38.0 Å². The molecule has 6 heteroatoms. The van der Waals surface area contributed by atoms with E-state index in [4.69, 9.17) is 0 Å². The predicted octanol–water partition coefficient (Wildman–Crippen LogP) is 1.41. The van der Waals surface area contributed by atoms with Crippen molar-refractivity contribution in [2.24, 2.45) is 7.05 Å². The Morgan fingerprint density at radius 1 is 1.40 bits per heavy atom. The van der Waals surface area contributed by atoms with Crippen molar-refractivity contribution in [3.05, 3.63) is 53.9 Å². The maximum absolute atomic E-state index is 12.6. The van der Waals surface area contributed by atoms with Gasteiger partial charge in [-0.25, -0.2) is 0 Å². The summed E-state index contributed by atoms with van der Waals surface area (Å²) in [5, 5.41) is 17.6. The van der Waals surface area contributed by atoms with Crippen LogP contribution in [-0.4, -0.2) is 44.8 Å². The maximum atomic E-state index is 12.6. The zero-order valence-electron chi connectivity index (χ0n) is 14.9. The van der Waals surface area contributed by atoms with Crippen LogP contribution >= 0.6 is 0 Å². The van der Waals surface area contributed by atoms with E-state index in [9.17, 15) is 9.90 Å². The molecule has 25 heavy (non-hydrogen) atoms. The van der Waals surface area contributed by atoms with E-state index in [0.717, 1.165) is 25.9 Å². The first-order valence-corrected chi connectivity index (χ1v) is 8.73. The van der Waals surface area contributed by atoms with E-state index >= 15 is 0 Å². The molecule has 0 spiro atoms. The average Bonchev–Trinajstić information content (AvgIpc) is 3.23. The normalized spacial score (nSPS) is 20.4. The number of nitrogens with one attached hydrogen (secondary N) is 1. The van der Waals surface area contributed by atoms with Crippen molar-refractivity contribution in [3.8, 4) is 0 Å². The quantitative estimate of drug-likeness (QED) is 0.833. The van der Waals surface area contributed by atoms with Gasteiger partial charge in [-0.15, -0.1) is 0 Å². The van der Waals surface area contributed by atoms with Gasteiger partial charge in [0.25, 0.3) is 0 Å². The minimum absolute atomic E-state index is 0.0161. The SMILES string of the molecule is Cn1cc(C(C)(O)CNC(=O)C2CCCN2Cc2ccccc2)cn1. The maximum Gasteiger partial charge on any atom is 0.237 e. The lowest BCUT2D eigenvalue weighted by atomic mass is 9.99. The molecule has 0 radical (unpaired) electrons. The van der Waals surface area contributed by atoms with Crippen LogP contribution in [0.2, 0.25) is 0 Å². The number of hydrogen-bond acceptors (Lipinski definition) is 4. The second-order valence-electron chi connectivity index (χ2n) is 7.01. The van der Waals surface area contributed by atoms with Crippen molar-refractivity contribution in [1.29, 1.82) is 0 Å². The first-order valence-electron chi connectivity index (χ1n) is 8.73. The smallest absolute Gasteiger partial charge is 0.237 e. The van der Waals surface area contributed by atoms with Gasteiger partial charge in [0, 0.05) is 25.4 Å². The van der Waals surface area contributed by atoms with Gasteiger partial charge in [0.15, 0.2) is 0 Å². The Hall–Kier alpha value is -2.18. The second-order valence-corrected chi connectivity index (χ2v) is 7.01. The average molecular weight is 342 g/mol. The van der Waals surface area contributed by atoms with E-state index in [0.29, 0.717) is 5.56 Å². The van der Waals surface area contributed by atoms with Crippen molar-refractivity contribution < 1.29 is 9.90 Å². The van der Waals surface area contributed by atoms with Crippen LogP contribution in [0, 0.1) is 0 Å². The molecule has 2 atom stereocenters. The van der Waals surface area contributed by atoms with Crippen LogP contribution in [0.15, 0.2) is 42.7 Å². The number of aryl methyl sites for hydroxylation is 1. The van der Waals surface area contributed by atoms with Crippen molar-refractivity contribution in [3.63, 3.8) is 0 Å². The Morgan fingerprint density at radius 2 is 2.16 bits per heavy atom. The number of carbonyl (C=O) groups is 1. The number of nitrogens with zero attached hydrogens (tertiary/aromatic N) is 3. The topological polar surface area (TPSA) is 70.4 Å². The Bertz CT molecular complexity index is 711. The Kier molecular flexibility index (Phi) is 5.20. The molecule has 134 valence electrons. The minimum atomic E-state index is -1.13. The van der Waals surface area contributed by atoms with Crippen LogP contribution in [0.5, 0.6) is 0 Å². The van der Waals surface area contributed by atoms with Gasteiger partial charge < -0.3 is 10.4 Å². The molecule has 1 aromatic carbocycles. The van der Waals surface area contributed by atoms with Crippen LogP contribution in [0.3, 0.4) is 0 Å². The third-order valence-electron chi connectivity index (χ3n) is 4.83. The lowest BCUT2D eigenvalue weighted by Crippen LogP contribution is -2.47. The Morgan fingerprint density at radius 3 is 2.84 bits per heavy atom. The zero-order valence-corrected chi connectivity index (χ0v) is 14.9. The number of amides is 1. The minimum Gasteiger partial charge on any atom is -0.383 e. The highest BCUT2D eigenvalue weighted by Gasteiger charge is 2.32. The second kappa shape index (κ2) is 7.37. The van der Waals surface area contributed by atoms with Crippen LogP contribution < -0.4 is 5.32 Å². The molecule has 0 saturated carbocycles. The number of benzene rings is 1. The molecule has 6 nitrogen and oxygen atoms in total. The molecule has 1 saturated heterocycles. The summed E-state index contributed by atoms with van der Waals surface area (Å²) in [6.45, 7) is 3.57. The molecule has 0 bridgehead atoms. The highest BCUT2D eigenvalue weighted by atomic mass is 16.3. The van der Waals surface area contributed by atoms with E-state index < -0.39 is 5.60 Å². The number of likely N-dealkylation sites (tertiary alicyclic amines) is 1. The fourth-order valence-corrected chi connectivity index (χ4v) is 3.31. The van der Waals surface area contributed by atoms with Gasteiger partial charge in [0.2, 0.25) is 5.91 Å². The van der Waals surface area contributed by atoms with Crippen LogP contribution in [0.1, 0.15) is 30.9 Å².